The molecule has 0 radical (unpaired) electrons. The van der Waals surface area contributed by atoms with Crippen molar-refractivity contribution in [2.45, 2.75) is 33.4 Å². The molecule has 1 aromatic heterocycles. The number of nitrogens with zero attached hydrogens (tertiary/aromatic N) is 3. The number of carbonyl (C=O) groups is 1. The van der Waals surface area contributed by atoms with Crippen LogP contribution in [0.25, 0.3) is 16.8 Å². The van der Waals surface area contributed by atoms with Gasteiger partial charge in [-0.05, 0) is 79.1 Å². The Labute approximate surface area is 286 Å². The number of rotatable bonds is 9. The van der Waals surface area contributed by atoms with Crippen molar-refractivity contribution in [3.8, 4) is 11.5 Å². The van der Waals surface area contributed by atoms with Crippen LogP contribution in [0.5, 0.6) is 11.5 Å². The number of fused-ring (bicyclic) bond motifs is 2. The number of hydrogen-bond acceptors (Lipinski definition) is 6. The number of halogens is 2. The average Bonchev–Trinajstić information content (AvgIpc) is 3.38. The van der Waals surface area contributed by atoms with Gasteiger partial charge in [0.2, 0.25) is 0 Å². The predicted octanol–water partition coefficient (Wildman–Crippen LogP) is 7.15. The number of hydrogen-bond donors (Lipinski definition) is 0. The molecule has 5 aromatic rings. The molecule has 0 saturated heterocycles. The average molecular weight is 687 g/mol. The van der Waals surface area contributed by atoms with Crippen molar-refractivity contribution < 1.29 is 14.3 Å². The van der Waals surface area contributed by atoms with Crippen molar-refractivity contribution in [3.05, 3.63) is 137 Å². The van der Waals surface area contributed by atoms with Gasteiger partial charge in [-0.2, -0.15) is 0 Å². The summed E-state index contributed by atoms with van der Waals surface area (Å²) in [6.45, 7) is 7.13. The first kappa shape index (κ1) is 32.6. The summed E-state index contributed by atoms with van der Waals surface area (Å²) in [5, 5.41) is 2.86. The number of allylic oxidation sites excluding steroid dienone is 1. The molecule has 0 bridgehead atoms. The second kappa shape index (κ2) is 13.8. The van der Waals surface area contributed by atoms with Crippen molar-refractivity contribution >= 4 is 57.3 Å². The topological polar surface area (TPSA) is 73.1 Å². The van der Waals surface area contributed by atoms with E-state index in [1.165, 1.54) is 11.3 Å². The van der Waals surface area contributed by atoms with Crippen LogP contribution < -0.4 is 24.4 Å². The zero-order valence-electron chi connectivity index (χ0n) is 26.4. The predicted molar refractivity (Wildman–Crippen MR) is 189 cm³/mol. The number of amides is 1. The molecule has 7 nitrogen and oxygen atoms in total. The van der Waals surface area contributed by atoms with Crippen molar-refractivity contribution in [1.29, 1.82) is 0 Å². The van der Waals surface area contributed by atoms with Gasteiger partial charge in [-0.1, -0.05) is 83.1 Å². The molecule has 0 fully saturated rings. The quantitative estimate of drug-likeness (QED) is 0.165. The first-order chi connectivity index (χ1) is 22.7. The van der Waals surface area contributed by atoms with Gasteiger partial charge in [-0.3, -0.25) is 14.2 Å². The van der Waals surface area contributed by atoms with Gasteiger partial charge in [0.15, 0.2) is 4.80 Å². The van der Waals surface area contributed by atoms with Crippen molar-refractivity contribution in [1.82, 2.24) is 9.47 Å². The maximum absolute atomic E-state index is 14.3. The van der Waals surface area contributed by atoms with Crippen LogP contribution in [0.3, 0.4) is 0 Å². The Hall–Kier alpha value is -4.37. The van der Waals surface area contributed by atoms with E-state index in [1.54, 1.807) is 28.7 Å². The van der Waals surface area contributed by atoms with Crippen LogP contribution in [0.15, 0.2) is 99.9 Å². The van der Waals surface area contributed by atoms with Crippen LogP contribution in [0.4, 0.5) is 0 Å². The Kier molecular flexibility index (Phi) is 9.55. The molecule has 4 aromatic carbocycles. The largest absolute Gasteiger partial charge is 0.496 e. The van der Waals surface area contributed by atoms with Crippen molar-refractivity contribution in [2.24, 2.45) is 4.99 Å². The smallest absolute Gasteiger partial charge is 0.271 e. The molecule has 10 heteroatoms. The molecule has 0 spiro atoms. The fraction of sp³-hybridized carbons (Fsp3) is 0.216. The summed E-state index contributed by atoms with van der Waals surface area (Å²) >= 11 is 13.5. The summed E-state index contributed by atoms with van der Waals surface area (Å²) < 4.78 is 14.0. The fourth-order valence-electron chi connectivity index (χ4n) is 5.89. The molecular weight excluding hydrogens is 653 g/mol. The number of methoxy groups -OCH3 is 1. The second-order valence-corrected chi connectivity index (χ2v) is 12.9. The highest BCUT2D eigenvalue weighted by Crippen LogP contribution is 2.40. The second-order valence-electron chi connectivity index (χ2n) is 11.1. The Morgan fingerprint density at radius 1 is 1.00 bits per heavy atom. The maximum Gasteiger partial charge on any atom is 0.271 e. The van der Waals surface area contributed by atoms with E-state index in [9.17, 15) is 9.59 Å². The zero-order chi connectivity index (χ0) is 33.2. The van der Waals surface area contributed by atoms with E-state index >= 15 is 0 Å². The van der Waals surface area contributed by atoms with E-state index in [4.69, 9.17) is 37.7 Å². The van der Waals surface area contributed by atoms with Gasteiger partial charge in [0, 0.05) is 18.7 Å². The highest BCUT2D eigenvalue weighted by molar-refractivity contribution is 7.07. The van der Waals surface area contributed by atoms with Crippen LogP contribution in [0, 0.1) is 0 Å². The number of thiazole rings is 1. The lowest BCUT2D eigenvalue weighted by atomic mass is 9.90. The summed E-state index contributed by atoms with van der Waals surface area (Å²) in [7, 11) is 1.61. The Bertz CT molecular complexity index is 2200. The molecule has 1 amide bonds. The van der Waals surface area contributed by atoms with Gasteiger partial charge in [0.25, 0.3) is 11.5 Å². The molecule has 2 heterocycles. The lowest BCUT2D eigenvalue weighted by Crippen LogP contribution is -2.43. The van der Waals surface area contributed by atoms with Crippen molar-refractivity contribution in [3.63, 3.8) is 0 Å². The molecular formula is C37H33Cl2N3O4S. The van der Waals surface area contributed by atoms with Crippen LogP contribution in [-0.2, 0) is 11.4 Å². The minimum atomic E-state index is -0.736. The maximum atomic E-state index is 14.3. The van der Waals surface area contributed by atoms with Crippen LogP contribution in [0.1, 0.15) is 43.5 Å². The Morgan fingerprint density at radius 3 is 2.45 bits per heavy atom. The molecule has 0 aliphatic carbocycles. The number of aromatic nitrogens is 1. The first-order valence-corrected chi connectivity index (χ1v) is 16.9. The van der Waals surface area contributed by atoms with Gasteiger partial charge in [0.05, 0.1) is 33.0 Å². The lowest BCUT2D eigenvalue weighted by molar-refractivity contribution is -0.127. The third-order valence-electron chi connectivity index (χ3n) is 8.29. The van der Waals surface area contributed by atoms with Crippen LogP contribution in [-0.4, -0.2) is 35.6 Å². The van der Waals surface area contributed by atoms with Gasteiger partial charge in [-0.15, -0.1) is 0 Å². The van der Waals surface area contributed by atoms with E-state index in [0.29, 0.717) is 61.8 Å². The summed E-state index contributed by atoms with van der Waals surface area (Å²) in [6, 6.07) is 24.0. The monoisotopic (exact) mass is 685 g/mol. The number of carbonyl (C=O) groups excluding carboxylic acids is 1. The lowest BCUT2D eigenvalue weighted by Gasteiger charge is -2.30. The molecule has 0 N–H and O–H groups in total. The molecule has 1 atom stereocenters. The zero-order valence-corrected chi connectivity index (χ0v) is 28.7. The number of ether oxygens (including phenoxy) is 2. The van der Waals surface area contributed by atoms with Crippen LogP contribution >= 0.6 is 34.5 Å². The van der Waals surface area contributed by atoms with E-state index in [2.05, 4.69) is 0 Å². The van der Waals surface area contributed by atoms with Gasteiger partial charge in [0.1, 0.15) is 24.1 Å². The molecule has 6 rings (SSSR count). The summed E-state index contributed by atoms with van der Waals surface area (Å²) in [4.78, 5) is 35.6. The first-order valence-electron chi connectivity index (χ1n) is 15.3. The van der Waals surface area contributed by atoms with Crippen molar-refractivity contribution in [2.75, 3.05) is 20.2 Å². The van der Waals surface area contributed by atoms with E-state index in [-0.39, 0.29) is 11.5 Å². The van der Waals surface area contributed by atoms with E-state index < -0.39 is 6.04 Å². The van der Waals surface area contributed by atoms with E-state index in [1.807, 2.05) is 93.6 Å². The minimum Gasteiger partial charge on any atom is -0.496 e. The number of likely N-dealkylation sites (N-methyl/N-ethyl adjacent to an activating group) is 1. The molecule has 1 aliphatic heterocycles. The van der Waals surface area contributed by atoms with Gasteiger partial charge in [-0.25, -0.2) is 4.99 Å². The fourth-order valence-corrected chi connectivity index (χ4v) is 7.26. The summed E-state index contributed by atoms with van der Waals surface area (Å²) in [5.41, 5.74) is 3.30. The summed E-state index contributed by atoms with van der Waals surface area (Å²) in [5.74, 6) is 1.12. The third-order valence-corrected chi connectivity index (χ3v) is 10.0. The summed E-state index contributed by atoms with van der Waals surface area (Å²) in [6.07, 6.45) is 1.84. The standard InChI is InChI=1S/C37H33Cl2N3O4S/c1-5-41(6-2)36(44)32-22(3)40-37-42(34(32)33-27-10-8-7-9-25(27)14-18-30(33)45-4)35(43)31(47-37)20-23-11-15-26(16-12-23)46-21-24-13-17-28(38)29(39)19-24/h7-20,34H,5-6,21H2,1-4H3/b31-20+/t34-/m0/s1. The molecule has 47 heavy (non-hydrogen) atoms. The normalized spacial score (nSPS) is 14.6. The highest BCUT2D eigenvalue weighted by atomic mass is 35.5. The molecule has 1 aliphatic rings. The van der Waals surface area contributed by atoms with E-state index in [0.717, 1.165) is 27.5 Å². The Morgan fingerprint density at radius 2 is 1.74 bits per heavy atom. The molecule has 0 unspecified atom stereocenters. The van der Waals surface area contributed by atoms with Crippen LogP contribution in [0.2, 0.25) is 10.0 Å². The highest BCUT2D eigenvalue weighted by Gasteiger charge is 2.36. The molecule has 240 valence electrons. The van der Waals surface area contributed by atoms with Gasteiger partial charge < -0.3 is 14.4 Å². The Balaban J connectivity index is 1.44. The minimum absolute atomic E-state index is 0.151. The third kappa shape index (κ3) is 6.33. The van der Waals surface area contributed by atoms with Gasteiger partial charge >= 0.3 is 0 Å². The molecule has 0 saturated carbocycles. The number of benzene rings is 4. The SMILES string of the molecule is CCN(CC)C(=O)C1=C(C)N=c2s/c(=C/c3ccc(OCc4ccc(Cl)c(Cl)c4)cc3)c(=O)n2[C@@H]1c1c(OC)ccc2ccccc12.